The Morgan fingerprint density at radius 2 is 1.89 bits per heavy atom. The maximum atomic E-state index is 10.5. The molecule has 0 saturated carbocycles. The SMILES string of the molecule is COCCCCOc1ccc(CNC(N)=O)cc1. The summed E-state index contributed by atoms with van der Waals surface area (Å²) >= 11 is 0. The third kappa shape index (κ3) is 6.10. The molecule has 3 N–H and O–H groups in total. The molecule has 18 heavy (non-hydrogen) atoms. The van der Waals surface area contributed by atoms with Crippen LogP contribution in [0.5, 0.6) is 5.75 Å². The fourth-order valence-electron chi connectivity index (χ4n) is 1.43. The highest BCUT2D eigenvalue weighted by Gasteiger charge is 1.97. The number of urea groups is 1. The van der Waals surface area contributed by atoms with Gasteiger partial charge in [-0.05, 0) is 30.5 Å². The van der Waals surface area contributed by atoms with E-state index in [9.17, 15) is 4.79 Å². The Labute approximate surface area is 107 Å². The molecule has 2 amide bonds. The molecule has 0 bridgehead atoms. The number of benzene rings is 1. The van der Waals surface area contributed by atoms with Crippen molar-refractivity contribution in [3.05, 3.63) is 29.8 Å². The summed E-state index contributed by atoms with van der Waals surface area (Å²) < 4.78 is 10.5. The third-order valence-electron chi connectivity index (χ3n) is 2.40. The van der Waals surface area contributed by atoms with Gasteiger partial charge in [-0.1, -0.05) is 12.1 Å². The lowest BCUT2D eigenvalue weighted by atomic mass is 10.2. The summed E-state index contributed by atoms with van der Waals surface area (Å²) in [5, 5.41) is 2.53. The number of amides is 2. The summed E-state index contributed by atoms with van der Waals surface area (Å²) in [6.07, 6.45) is 1.97. The minimum Gasteiger partial charge on any atom is -0.494 e. The lowest BCUT2D eigenvalue weighted by molar-refractivity contribution is 0.184. The van der Waals surface area contributed by atoms with Gasteiger partial charge in [0.05, 0.1) is 6.61 Å². The van der Waals surface area contributed by atoms with Crippen molar-refractivity contribution < 1.29 is 14.3 Å². The van der Waals surface area contributed by atoms with Crippen molar-refractivity contribution in [2.45, 2.75) is 19.4 Å². The third-order valence-corrected chi connectivity index (χ3v) is 2.40. The first-order chi connectivity index (χ1) is 8.72. The Kier molecular flexibility index (Phi) is 6.64. The zero-order valence-electron chi connectivity index (χ0n) is 10.6. The number of methoxy groups -OCH3 is 1. The number of ether oxygens (including phenoxy) is 2. The molecule has 100 valence electrons. The van der Waals surface area contributed by atoms with Crippen LogP contribution in [0.1, 0.15) is 18.4 Å². The number of carbonyl (C=O) groups is 1. The van der Waals surface area contributed by atoms with E-state index in [-0.39, 0.29) is 0 Å². The molecule has 0 aromatic heterocycles. The second-order valence-corrected chi connectivity index (χ2v) is 3.91. The predicted molar refractivity (Wildman–Crippen MR) is 69.5 cm³/mol. The lowest BCUT2D eigenvalue weighted by Gasteiger charge is -2.07. The maximum Gasteiger partial charge on any atom is 0.312 e. The van der Waals surface area contributed by atoms with Crippen molar-refractivity contribution in [3.8, 4) is 5.75 Å². The van der Waals surface area contributed by atoms with E-state index in [1.807, 2.05) is 24.3 Å². The van der Waals surface area contributed by atoms with Gasteiger partial charge in [0.2, 0.25) is 0 Å². The van der Waals surface area contributed by atoms with E-state index < -0.39 is 6.03 Å². The molecule has 1 aromatic carbocycles. The van der Waals surface area contributed by atoms with Gasteiger partial charge >= 0.3 is 6.03 Å². The number of unbranched alkanes of at least 4 members (excludes halogenated alkanes) is 1. The van der Waals surface area contributed by atoms with Crippen LogP contribution in [0.4, 0.5) is 4.79 Å². The summed E-state index contributed by atoms with van der Waals surface area (Å²) in [6.45, 7) is 1.88. The number of hydrogen-bond donors (Lipinski definition) is 2. The molecule has 5 nitrogen and oxygen atoms in total. The molecule has 1 rings (SSSR count). The molecular formula is C13H20N2O3. The number of hydrogen-bond acceptors (Lipinski definition) is 3. The maximum absolute atomic E-state index is 10.5. The number of primary amides is 1. The standard InChI is InChI=1S/C13H20N2O3/c1-17-8-2-3-9-18-12-6-4-11(5-7-12)10-15-13(14)16/h4-7H,2-3,8-10H2,1H3,(H3,14,15,16). The highest BCUT2D eigenvalue weighted by molar-refractivity contribution is 5.71. The zero-order valence-corrected chi connectivity index (χ0v) is 10.6. The van der Waals surface area contributed by atoms with E-state index in [0.717, 1.165) is 30.8 Å². The molecule has 0 fully saturated rings. The first-order valence-corrected chi connectivity index (χ1v) is 5.96. The van der Waals surface area contributed by atoms with Gasteiger partial charge in [0.1, 0.15) is 5.75 Å². The Morgan fingerprint density at radius 3 is 2.50 bits per heavy atom. The molecule has 0 spiro atoms. The number of carbonyl (C=O) groups excluding carboxylic acids is 1. The van der Waals surface area contributed by atoms with Crippen LogP contribution in [0, 0.1) is 0 Å². The van der Waals surface area contributed by atoms with Crippen molar-refractivity contribution in [3.63, 3.8) is 0 Å². The van der Waals surface area contributed by atoms with Crippen molar-refractivity contribution >= 4 is 6.03 Å². The topological polar surface area (TPSA) is 73.6 Å². The van der Waals surface area contributed by atoms with Gasteiger partial charge in [0, 0.05) is 20.3 Å². The van der Waals surface area contributed by atoms with E-state index in [1.165, 1.54) is 0 Å². The molecular weight excluding hydrogens is 232 g/mol. The molecule has 0 heterocycles. The van der Waals surface area contributed by atoms with Crippen molar-refractivity contribution in [1.82, 2.24) is 5.32 Å². The van der Waals surface area contributed by atoms with E-state index in [0.29, 0.717) is 13.2 Å². The minimum atomic E-state index is -0.520. The van der Waals surface area contributed by atoms with Crippen LogP contribution in [0.15, 0.2) is 24.3 Å². The Balaban J connectivity index is 2.25. The predicted octanol–water partition coefficient (Wildman–Crippen LogP) is 1.66. The van der Waals surface area contributed by atoms with Gasteiger partial charge in [0.25, 0.3) is 0 Å². The fourth-order valence-corrected chi connectivity index (χ4v) is 1.43. The van der Waals surface area contributed by atoms with E-state index in [4.69, 9.17) is 15.2 Å². The first-order valence-electron chi connectivity index (χ1n) is 5.96. The van der Waals surface area contributed by atoms with Crippen LogP contribution in [0.2, 0.25) is 0 Å². The molecule has 0 aliphatic carbocycles. The molecule has 1 aromatic rings. The molecule has 0 unspecified atom stereocenters. The van der Waals surface area contributed by atoms with Crippen LogP contribution in [-0.2, 0) is 11.3 Å². The summed E-state index contributed by atoms with van der Waals surface area (Å²) in [5.74, 6) is 0.829. The first kappa shape index (κ1) is 14.3. The number of nitrogens with two attached hydrogens (primary N) is 1. The van der Waals surface area contributed by atoms with E-state index in [2.05, 4.69) is 5.32 Å². The van der Waals surface area contributed by atoms with Gasteiger partial charge in [-0.3, -0.25) is 0 Å². The summed E-state index contributed by atoms with van der Waals surface area (Å²) in [6, 6.07) is 7.05. The fraction of sp³-hybridized carbons (Fsp3) is 0.462. The van der Waals surface area contributed by atoms with Crippen LogP contribution >= 0.6 is 0 Å². The normalized spacial score (nSPS) is 10.1. The second kappa shape index (κ2) is 8.36. The molecule has 0 aliphatic heterocycles. The highest BCUT2D eigenvalue weighted by Crippen LogP contribution is 2.12. The summed E-state index contributed by atoms with van der Waals surface area (Å²) in [5.41, 5.74) is 5.98. The van der Waals surface area contributed by atoms with E-state index >= 15 is 0 Å². The lowest BCUT2D eigenvalue weighted by Crippen LogP contribution is -2.28. The largest absolute Gasteiger partial charge is 0.494 e. The van der Waals surface area contributed by atoms with E-state index in [1.54, 1.807) is 7.11 Å². The minimum absolute atomic E-state index is 0.434. The zero-order chi connectivity index (χ0) is 13.2. The Morgan fingerprint density at radius 1 is 1.22 bits per heavy atom. The monoisotopic (exact) mass is 252 g/mol. The Bertz CT molecular complexity index is 352. The molecule has 0 saturated heterocycles. The van der Waals surface area contributed by atoms with Crippen LogP contribution in [0.25, 0.3) is 0 Å². The molecule has 0 atom stereocenters. The average Bonchev–Trinajstić information content (AvgIpc) is 2.37. The van der Waals surface area contributed by atoms with Gasteiger partial charge in [-0.25, -0.2) is 4.79 Å². The van der Waals surface area contributed by atoms with Crippen molar-refractivity contribution in [1.29, 1.82) is 0 Å². The number of nitrogens with one attached hydrogen (secondary N) is 1. The average molecular weight is 252 g/mol. The van der Waals surface area contributed by atoms with Crippen molar-refractivity contribution in [2.75, 3.05) is 20.3 Å². The molecule has 5 heteroatoms. The van der Waals surface area contributed by atoms with Crippen LogP contribution < -0.4 is 15.8 Å². The molecule has 0 radical (unpaired) electrons. The van der Waals surface area contributed by atoms with Crippen LogP contribution in [0.3, 0.4) is 0 Å². The van der Waals surface area contributed by atoms with Gasteiger partial charge in [-0.15, -0.1) is 0 Å². The Hall–Kier alpha value is -1.75. The summed E-state index contributed by atoms with van der Waals surface area (Å²) in [4.78, 5) is 10.5. The van der Waals surface area contributed by atoms with Gasteiger partial charge in [0.15, 0.2) is 0 Å². The highest BCUT2D eigenvalue weighted by atomic mass is 16.5. The quantitative estimate of drug-likeness (QED) is 0.691. The van der Waals surface area contributed by atoms with Gasteiger partial charge < -0.3 is 20.5 Å². The van der Waals surface area contributed by atoms with Crippen LogP contribution in [-0.4, -0.2) is 26.4 Å². The smallest absolute Gasteiger partial charge is 0.312 e. The number of rotatable bonds is 8. The molecule has 0 aliphatic rings. The second-order valence-electron chi connectivity index (χ2n) is 3.91. The summed E-state index contributed by atoms with van der Waals surface area (Å²) in [7, 11) is 1.69. The van der Waals surface area contributed by atoms with Gasteiger partial charge in [-0.2, -0.15) is 0 Å². The van der Waals surface area contributed by atoms with Crippen molar-refractivity contribution in [2.24, 2.45) is 5.73 Å².